The molecule has 0 aliphatic rings. The molecule has 7 heteroatoms. The van der Waals surface area contributed by atoms with Crippen LogP contribution in [0.2, 0.25) is 0 Å². The highest BCUT2D eigenvalue weighted by atomic mass is 16.5. The maximum absolute atomic E-state index is 12.3. The average Bonchev–Trinajstić information content (AvgIpc) is 2.53. The third-order valence-electron chi connectivity index (χ3n) is 3.98. The van der Waals surface area contributed by atoms with Crippen LogP contribution in [0.3, 0.4) is 0 Å². The number of rotatable bonds is 14. The van der Waals surface area contributed by atoms with Gasteiger partial charge in [-0.05, 0) is 26.2 Å². The molecule has 0 aliphatic heterocycles. The lowest BCUT2D eigenvalue weighted by Gasteiger charge is -2.27. The van der Waals surface area contributed by atoms with Gasteiger partial charge in [0.1, 0.15) is 6.29 Å². The Hall–Kier alpha value is -1.47. The molecule has 7 nitrogen and oxygen atoms in total. The first-order valence-corrected chi connectivity index (χ1v) is 8.71. The summed E-state index contributed by atoms with van der Waals surface area (Å²) >= 11 is 0. The standard InChI is InChI=1S/C18H34N2O5/c1-14(2)15(11-21)20-16(23)17(3,4)7-8-24-9-10-25-18(5,6)12-19-13-22/h11,13-15H,7-10,12H2,1-6H3,(H,19,22)(H,20,23). The van der Waals surface area contributed by atoms with Crippen molar-refractivity contribution in [1.82, 2.24) is 10.6 Å². The second-order valence-corrected chi connectivity index (χ2v) is 7.73. The number of hydrogen-bond donors (Lipinski definition) is 2. The number of ether oxygens (including phenoxy) is 2. The van der Waals surface area contributed by atoms with Crippen molar-refractivity contribution >= 4 is 18.6 Å². The fourth-order valence-corrected chi connectivity index (χ4v) is 1.96. The van der Waals surface area contributed by atoms with Gasteiger partial charge in [0.2, 0.25) is 12.3 Å². The molecule has 0 fully saturated rings. The molecule has 25 heavy (non-hydrogen) atoms. The number of amides is 2. The zero-order valence-corrected chi connectivity index (χ0v) is 16.4. The normalized spacial score (nSPS) is 13.4. The lowest BCUT2D eigenvalue weighted by molar-refractivity contribution is -0.133. The highest BCUT2D eigenvalue weighted by Gasteiger charge is 2.29. The molecule has 0 saturated heterocycles. The third-order valence-corrected chi connectivity index (χ3v) is 3.98. The summed E-state index contributed by atoms with van der Waals surface area (Å²) in [6.07, 6.45) is 1.95. The Morgan fingerprint density at radius 2 is 1.72 bits per heavy atom. The summed E-state index contributed by atoms with van der Waals surface area (Å²) in [5, 5.41) is 5.36. The van der Waals surface area contributed by atoms with E-state index in [1.807, 2.05) is 41.5 Å². The van der Waals surface area contributed by atoms with Gasteiger partial charge < -0.3 is 24.9 Å². The van der Waals surface area contributed by atoms with Gasteiger partial charge in [-0.25, -0.2) is 0 Å². The van der Waals surface area contributed by atoms with Crippen LogP contribution in [-0.2, 0) is 23.9 Å². The van der Waals surface area contributed by atoms with Crippen molar-refractivity contribution < 1.29 is 23.9 Å². The Labute approximate surface area is 151 Å². The third kappa shape index (κ3) is 10.2. The van der Waals surface area contributed by atoms with E-state index in [1.54, 1.807) is 0 Å². The van der Waals surface area contributed by atoms with Gasteiger partial charge in [0.25, 0.3) is 0 Å². The Morgan fingerprint density at radius 1 is 1.08 bits per heavy atom. The van der Waals surface area contributed by atoms with Crippen LogP contribution in [0.4, 0.5) is 0 Å². The van der Waals surface area contributed by atoms with Crippen LogP contribution in [0.15, 0.2) is 0 Å². The van der Waals surface area contributed by atoms with Crippen LogP contribution in [-0.4, -0.2) is 56.6 Å². The van der Waals surface area contributed by atoms with Crippen LogP contribution >= 0.6 is 0 Å². The van der Waals surface area contributed by atoms with Gasteiger partial charge in [-0.1, -0.05) is 27.7 Å². The molecule has 0 rings (SSSR count). The summed E-state index contributed by atoms with van der Waals surface area (Å²) in [7, 11) is 0. The van der Waals surface area contributed by atoms with Gasteiger partial charge in [-0.15, -0.1) is 0 Å². The molecule has 0 aromatic rings. The van der Waals surface area contributed by atoms with Crippen molar-refractivity contribution in [3.63, 3.8) is 0 Å². The van der Waals surface area contributed by atoms with E-state index in [-0.39, 0.29) is 11.8 Å². The molecule has 1 atom stereocenters. The summed E-state index contributed by atoms with van der Waals surface area (Å²) in [6.45, 7) is 12.9. The Kier molecular flexibility index (Phi) is 10.5. The van der Waals surface area contributed by atoms with E-state index in [2.05, 4.69) is 10.6 Å². The minimum Gasteiger partial charge on any atom is -0.379 e. The van der Waals surface area contributed by atoms with Crippen molar-refractivity contribution in [1.29, 1.82) is 0 Å². The first-order chi connectivity index (χ1) is 11.6. The lowest BCUT2D eigenvalue weighted by atomic mass is 9.88. The second kappa shape index (κ2) is 11.2. The summed E-state index contributed by atoms with van der Waals surface area (Å²) in [5.74, 6) is -0.0954. The molecule has 0 aromatic heterocycles. The van der Waals surface area contributed by atoms with Crippen LogP contribution in [0.25, 0.3) is 0 Å². The van der Waals surface area contributed by atoms with E-state index in [0.717, 1.165) is 6.29 Å². The number of carbonyl (C=O) groups excluding carboxylic acids is 3. The predicted octanol–water partition coefficient (Wildman–Crippen LogP) is 1.30. The molecule has 2 N–H and O–H groups in total. The van der Waals surface area contributed by atoms with E-state index in [0.29, 0.717) is 39.2 Å². The fourth-order valence-electron chi connectivity index (χ4n) is 1.96. The molecule has 0 aromatic carbocycles. The van der Waals surface area contributed by atoms with Crippen LogP contribution in [0, 0.1) is 11.3 Å². The van der Waals surface area contributed by atoms with Gasteiger partial charge in [-0.3, -0.25) is 9.59 Å². The summed E-state index contributed by atoms with van der Waals surface area (Å²) in [5.41, 5.74) is -1.08. The Balaban J connectivity index is 4.08. The van der Waals surface area contributed by atoms with Gasteiger partial charge in [-0.2, -0.15) is 0 Å². The van der Waals surface area contributed by atoms with Crippen LogP contribution in [0.5, 0.6) is 0 Å². The Bertz CT molecular complexity index is 422. The fraction of sp³-hybridized carbons (Fsp3) is 0.833. The monoisotopic (exact) mass is 358 g/mol. The van der Waals surface area contributed by atoms with E-state index >= 15 is 0 Å². The van der Waals surface area contributed by atoms with E-state index < -0.39 is 17.1 Å². The quantitative estimate of drug-likeness (QED) is 0.361. The zero-order chi connectivity index (χ0) is 19.5. The van der Waals surface area contributed by atoms with Crippen molar-refractivity contribution in [2.75, 3.05) is 26.4 Å². The zero-order valence-electron chi connectivity index (χ0n) is 16.4. The molecular formula is C18H34N2O5. The number of carbonyl (C=O) groups is 3. The molecule has 0 heterocycles. The molecular weight excluding hydrogens is 324 g/mol. The molecule has 146 valence electrons. The summed E-state index contributed by atoms with van der Waals surface area (Å²) in [6, 6.07) is -0.469. The highest BCUT2D eigenvalue weighted by Crippen LogP contribution is 2.21. The van der Waals surface area contributed by atoms with Gasteiger partial charge in [0, 0.05) is 18.6 Å². The van der Waals surface area contributed by atoms with E-state index in [9.17, 15) is 14.4 Å². The van der Waals surface area contributed by atoms with Crippen molar-refractivity contribution in [2.24, 2.45) is 11.3 Å². The highest BCUT2D eigenvalue weighted by molar-refractivity contribution is 5.84. The average molecular weight is 358 g/mol. The van der Waals surface area contributed by atoms with Gasteiger partial charge in [0.05, 0.1) is 24.9 Å². The minimum atomic E-state index is -0.621. The molecule has 0 radical (unpaired) electrons. The number of nitrogens with one attached hydrogen (secondary N) is 2. The first kappa shape index (κ1) is 23.5. The topological polar surface area (TPSA) is 93.7 Å². The molecule has 0 bridgehead atoms. The number of hydrogen-bond acceptors (Lipinski definition) is 5. The largest absolute Gasteiger partial charge is 0.379 e. The summed E-state index contributed by atoms with van der Waals surface area (Å²) < 4.78 is 11.2. The van der Waals surface area contributed by atoms with Gasteiger partial charge >= 0.3 is 0 Å². The van der Waals surface area contributed by atoms with Crippen LogP contribution in [0.1, 0.15) is 48.0 Å². The first-order valence-electron chi connectivity index (χ1n) is 8.71. The molecule has 0 aliphatic carbocycles. The van der Waals surface area contributed by atoms with Gasteiger partial charge in [0.15, 0.2) is 0 Å². The van der Waals surface area contributed by atoms with Crippen molar-refractivity contribution in [3.8, 4) is 0 Å². The van der Waals surface area contributed by atoms with E-state index in [1.165, 1.54) is 0 Å². The minimum absolute atomic E-state index is 0.0581. The second-order valence-electron chi connectivity index (χ2n) is 7.73. The maximum atomic E-state index is 12.3. The molecule has 2 amide bonds. The molecule has 0 saturated carbocycles. The predicted molar refractivity (Wildman–Crippen MR) is 96.1 cm³/mol. The lowest BCUT2D eigenvalue weighted by Crippen LogP contribution is -2.46. The molecule has 1 unspecified atom stereocenters. The Morgan fingerprint density at radius 3 is 2.24 bits per heavy atom. The SMILES string of the molecule is CC(C)C(C=O)NC(=O)C(C)(C)CCOCCOC(C)(C)CNC=O. The van der Waals surface area contributed by atoms with E-state index in [4.69, 9.17) is 9.47 Å². The maximum Gasteiger partial charge on any atom is 0.226 e. The smallest absolute Gasteiger partial charge is 0.226 e. The summed E-state index contributed by atoms with van der Waals surface area (Å²) in [4.78, 5) is 33.6. The van der Waals surface area contributed by atoms with Crippen molar-refractivity contribution in [3.05, 3.63) is 0 Å². The van der Waals surface area contributed by atoms with Crippen LogP contribution < -0.4 is 10.6 Å². The molecule has 0 spiro atoms. The number of aldehydes is 1. The van der Waals surface area contributed by atoms with Crippen molar-refractivity contribution in [2.45, 2.75) is 59.6 Å².